The largest absolute Gasteiger partial charge is 0.381 e. The van der Waals surface area contributed by atoms with Crippen LogP contribution in [-0.2, 0) is 4.74 Å². The Labute approximate surface area is 114 Å². The van der Waals surface area contributed by atoms with E-state index in [4.69, 9.17) is 4.74 Å². The highest BCUT2D eigenvalue weighted by Crippen LogP contribution is 2.31. The Hall–Kier alpha value is -0.0800. The highest BCUT2D eigenvalue weighted by Gasteiger charge is 2.27. The summed E-state index contributed by atoms with van der Waals surface area (Å²) in [5, 5.41) is 3.66. The lowest BCUT2D eigenvalue weighted by molar-refractivity contribution is 0.0915. The van der Waals surface area contributed by atoms with Gasteiger partial charge in [0.1, 0.15) is 0 Å². The molecule has 0 aromatic rings. The first-order chi connectivity index (χ1) is 8.63. The Morgan fingerprint density at radius 3 is 2.67 bits per heavy atom. The highest BCUT2D eigenvalue weighted by molar-refractivity contribution is 4.83. The van der Waals surface area contributed by atoms with Gasteiger partial charge in [0.25, 0.3) is 0 Å². The first-order valence-corrected chi connectivity index (χ1v) is 7.94. The summed E-state index contributed by atoms with van der Waals surface area (Å²) in [4.78, 5) is 0. The van der Waals surface area contributed by atoms with Crippen LogP contribution in [0.1, 0.15) is 59.8 Å². The second-order valence-corrected chi connectivity index (χ2v) is 6.43. The topological polar surface area (TPSA) is 21.3 Å². The molecule has 3 atom stereocenters. The van der Waals surface area contributed by atoms with E-state index in [1.54, 1.807) is 0 Å². The van der Waals surface area contributed by atoms with Crippen LogP contribution in [0.25, 0.3) is 0 Å². The molecule has 0 aliphatic heterocycles. The lowest BCUT2D eigenvalue weighted by Gasteiger charge is -2.35. The zero-order valence-electron chi connectivity index (χ0n) is 12.9. The maximum Gasteiger partial charge on any atom is 0.0469 e. The average Bonchev–Trinajstić information content (AvgIpc) is 2.32. The molecule has 1 fully saturated rings. The van der Waals surface area contributed by atoms with Crippen LogP contribution in [0.5, 0.6) is 0 Å². The van der Waals surface area contributed by atoms with Crippen molar-refractivity contribution in [3.63, 3.8) is 0 Å². The molecule has 0 spiro atoms. The molecule has 18 heavy (non-hydrogen) atoms. The monoisotopic (exact) mass is 255 g/mol. The number of nitrogens with one attached hydrogen (secondary N) is 1. The number of hydrogen-bond donors (Lipinski definition) is 1. The van der Waals surface area contributed by atoms with E-state index in [0.717, 1.165) is 43.6 Å². The number of hydrogen-bond acceptors (Lipinski definition) is 2. The summed E-state index contributed by atoms with van der Waals surface area (Å²) in [7, 11) is 0. The molecule has 2 nitrogen and oxygen atoms in total. The van der Waals surface area contributed by atoms with Gasteiger partial charge in [-0.05, 0) is 56.4 Å². The predicted molar refractivity (Wildman–Crippen MR) is 78.9 cm³/mol. The maximum absolute atomic E-state index is 5.78. The van der Waals surface area contributed by atoms with Crippen molar-refractivity contribution in [1.82, 2.24) is 5.32 Å². The highest BCUT2D eigenvalue weighted by atomic mass is 16.5. The molecule has 1 rings (SSSR count). The first-order valence-electron chi connectivity index (χ1n) is 7.94. The minimum Gasteiger partial charge on any atom is -0.381 e. The lowest BCUT2D eigenvalue weighted by atomic mass is 9.77. The first kappa shape index (κ1) is 16.0. The van der Waals surface area contributed by atoms with Crippen LogP contribution >= 0.6 is 0 Å². The molecular formula is C16H33NO. The average molecular weight is 255 g/mol. The van der Waals surface area contributed by atoms with Gasteiger partial charge in [-0.3, -0.25) is 0 Å². The fourth-order valence-corrected chi connectivity index (χ4v) is 3.00. The van der Waals surface area contributed by atoms with Gasteiger partial charge < -0.3 is 10.1 Å². The van der Waals surface area contributed by atoms with E-state index in [1.807, 2.05) is 0 Å². The molecule has 1 saturated carbocycles. The molecule has 0 saturated heterocycles. The minimum atomic E-state index is 0.736. The fraction of sp³-hybridized carbons (Fsp3) is 1.00. The van der Waals surface area contributed by atoms with Crippen LogP contribution in [0.4, 0.5) is 0 Å². The third-order valence-electron chi connectivity index (χ3n) is 4.18. The van der Waals surface area contributed by atoms with E-state index in [-0.39, 0.29) is 0 Å². The van der Waals surface area contributed by atoms with Crippen molar-refractivity contribution in [2.24, 2.45) is 17.8 Å². The van der Waals surface area contributed by atoms with Gasteiger partial charge in [-0.2, -0.15) is 0 Å². The van der Waals surface area contributed by atoms with E-state index in [1.165, 1.54) is 32.1 Å². The van der Waals surface area contributed by atoms with Crippen LogP contribution in [-0.4, -0.2) is 25.8 Å². The molecule has 2 heteroatoms. The molecule has 1 aliphatic carbocycles. The summed E-state index contributed by atoms with van der Waals surface area (Å²) in [6.07, 6.45) is 6.55. The molecular weight excluding hydrogens is 222 g/mol. The zero-order valence-corrected chi connectivity index (χ0v) is 12.9. The molecule has 108 valence electrons. The lowest BCUT2D eigenvalue weighted by Crippen LogP contribution is -2.40. The van der Waals surface area contributed by atoms with Crippen molar-refractivity contribution < 1.29 is 4.74 Å². The van der Waals surface area contributed by atoms with E-state index >= 15 is 0 Å². The smallest absolute Gasteiger partial charge is 0.0469 e. The van der Waals surface area contributed by atoms with Gasteiger partial charge in [0.2, 0.25) is 0 Å². The van der Waals surface area contributed by atoms with Gasteiger partial charge >= 0.3 is 0 Å². The summed E-state index contributed by atoms with van der Waals surface area (Å²) in [5.74, 6) is 2.49. The van der Waals surface area contributed by atoms with Crippen molar-refractivity contribution in [2.75, 3.05) is 19.8 Å². The Bertz CT molecular complexity index is 205. The third kappa shape index (κ3) is 6.19. The van der Waals surface area contributed by atoms with E-state index in [9.17, 15) is 0 Å². The van der Waals surface area contributed by atoms with Crippen LogP contribution in [0, 0.1) is 17.8 Å². The second kappa shape index (κ2) is 8.92. The fourth-order valence-electron chi connectivity index (χ4n) is 3.00. The molecule has 0 aromatic heterocycles. The van der Waals surface area contributed by atoms with E-state index in [2.05, 4.69) is 33.0 Å². The molecule has 3 unspecified atom stereocenters. The number of ether oxygens (including phenoxy) is 1. The van der Waals surface area contributed by atoms with Crippen LogP contribution in [0.3, 0.4) is 0 Å². The minimum absolute atomic E-state index is 0.736. The molecule has 0 aromatic carbocycles. The summed E-state index contributed by atoms with van der Waals surface area (Å²) in [6.45, 7) is 12.1. The van der Waals surface area contributed by atoms with Crippen molar-refractivity contribution in [1.29, 1.82) is 0 Å². The summed E-state index contributed by atoms with van der Waals surface area (Å²) in [5.41, 5.74) is 0. The van der Waals surface area contributed by atoms with Crippen molar-refractivity contribution in [3.8, 4) is 0 Å². The van der Waals surface area contributed by atoms with Crippen molar-refractivity contribution >= 4 is 0 Å². The van der Waals surface area contributed by atoms with Gasteiger partial charge in [0, 0.05) is 19.3 Å². The van der Waals surface area contributed by atoms with Crippen LogP contribution in [0.15, 0.2) is 0 Å². The Morgan fingerprint density at radius 1 is 1.22 bits per heavy atom. The molecule has 0 radical (unpaired) electrons. The Kier molecular flexibility index (Phi) is 7.92. The maximum atomic E-state index is 5.78. The zero-order chi connectivity index (χ0) is 13.4. The van der Waals surface area contributed by atoms with Gasteiger partial charge in [-0.1, -0.05) is 27.7 Å². The summed E-state index contributed by atoms with van der Waals surface area (Å²) in [6, 6.07) is 0.736. The van der Waals surface area contributed by atoms with Gasteiger partial charge in [0.05, 0.1) is 0 Å². The van der Waals surface area contributed by atoms with Gasteiger partial charge in [-0.15, -0.1) is 0 Å². The Balaban J connectivity index is 2.19. The normalized spacial score (nSPS) is 28.8. The quantitative estimate of drug-likeness (QED) is 0.665. The summed E-state index contributed by atoms with van der Waals surface area (Å²) < 4.78 is 5.78. The van der Waals surface area contributed by atoms with Crippen LogP contribution < -0.4 is 5.32 Å². The molecule has 0 heterocycles. The second-order valence-electron chi connectivity index (χ2n) is 6.43. The molecule has 1 N–H and O–H groups in total. The SMILES string of the molecule is CCNC1CCC(C)CC1CCOCCC(C)C. The van der Waals surface area contributed by atoms with Gasteiger partial charge in [0.15, 0.2) is 0 Å². The van der Waals surface area contributed by atoms with Crippen molar-refractivity contribution in [2.45, 2.75) is 65.8 Å². The van der Waals surface area contributed by atoms with E-state index in [0.29, 0.717) is 0 Å². The van der Waals surface area contributed by atoms with Gasteiger partial charge in [-0.25, -0.2) is 0 Å². The van der Waals surface area contributed by atoms with E-state index < -0.39 is 0 Å². The predicted octanol–water partition coefficient (Wildman–Crippen LogP) is 3.85. The molecule has 0 amide bonds. The third-order valence-corrected chi connectivity index (χ3v) is 4.18. The Morgan fingerprint density at radius 2 is 2.00 bits per heavy atom. The number of rotatable bonds is 8. The summed E-state index contributed by atoms with van der Waals surface area (Å²) >= 11 is 0. The standard InChI is InChI=1S/C16H33NO/c1-5-17-16-7-6-14(4)12-15(16)9-11-18-10-8-13(2)3/h13-17H,5-12H2,1-4H3. The molecule has 1 aliphatic rings. The van der Waals surface area contributed by atoms with Crippen LogP contribution in [0.2, 0.25) is 0 Å². The van der Waals surface area contributed by atoms with Crippen molar-refractivity contribution in [3.05, 3.63) is 0 Å². The molecule has 0 bridgehead atoms.